The SMILES string of the molecule is CC(O)C1CCN(c2nc(-c3ccccc3)cs2)CC1. The fraction of sp³-hybridized carbons (Fsp3) is 0.438. The lowest BCUT2D eigenvalue weighted by Crippen LogP contribution is -2.36. The molecule has 0 amide bonds. The van der Waals surface area contributed by atoms with Crippen molar-refractivity contribution in [2.45, 2.75) is 25.9 Å². The molecule has 0 bridgehead atoms. The van der Waals surface area contributed by atoms with Crippen molar-refractivity contribution in [2.24, 2.45) is 5.92 Å². The van der Waals surface area contributed by atoms with E-state index in [4.69, 9.17) is 4.98 Å². The Labute approximate surface area is 123 Å². The van der Waals surface area contributed by atoms with Gasteiger partial charge < -0.3 is 10.0 Å². The average molecular weight is 288 g/mol. The molecule has 2 heterocycles. The normalized spacial score (nSPS) is 18.2. The number of aromatic nitrogens is 1. The second-order valence-electron chi connectivity index (χ2n) is 5.45. The molecular formula is C16H20N2OS. The highest BCUT2D eigenvalue weighted by atomic mass is 32.1. The molecule has 3 rings (SSSR count). The highest BCUT2D eigenvalue weighted by molar-refractivity contribution is 7.14. The second kappa shape index (κ2) is 5.94. The van der Waals surface area contributed by atoms with E-state index in [0.29, 0.717) is 5.92 Å². The Balaban J connectivity index is 1.69. The molecule has 0 saturated carbocycles. The number of rotatable bonds is 3. The molecule has 20 heavy (non-hydrogen) atoms. The van der Waals surface area contributed by atoms with Crippen molar-refractivity contribution in [3.63, 3.8) is 0 Å². The first-order valence-corrected chi connectivity index (χ1v) is 8.06. The fourth-order valence-electron chi connectivity index (χ4n) is 2.72. The van der Waals surface area contributed by atoms with Crippen LogP contribution in [0.4, 0.5) is 5.13 Å². The zero-order chi connectivity index (χ0) is 13.9. The maximum absolute atomic E-state index is 9.66. The number of piperidine rings is 1. The highest BCUT2D eigenvalue weighted by Crippen LogP contribution is 2.30. The van der Waals surface area contributed by atoms with E-state index in [2.05, 4.69) is 22.4 Å². The van der Waals surface area contributed by atoms with Gasteiger partial charge in [-0.05, 0) is 25.7 Å². The van der Waals surface area contributed by atoms with Crippen LogP contribution in [0.2, 0.25) is 0 Å². The predicted octanol–water partition coefficient (Wildman–Crippen LogP) is 3.41. The van der Waals surface area contributed by atoms with Crippen LogP contribution in [0.3, 0.4) is 0 Å². The summed E-state index contributed by atoms with van der Waals surface area (Å²) in [6.45, 7) is 3.89. The molecule has 1 aromatic carbocycles. The van der Waals surface area contributed by atoms with Crippen LogP contribution in [0.25, 0.3) is 11.3 Å². The molecule has 3 nitrogen and oxygen atoms in total. The summed E-state index contributed by atoms with van der Waals surface area (Å²) in [4.78, 5) is 7.10. The molecule has 0 aliphatic carbocycles. The van der Waals surface area contributed by atoms with Crippen LogP contribution in [0.15, 0.2) is 35.7 Å². The maximum Gasteiger partial charge on any atom is 0.185 e. The number of thiazole rings is 1. The summed E-state index contributed by atoms with van der Waals surface area (Å²) >= 11 is 1.71. The number of hydrogen-bond donors (Lipinski definition) is 1. The molecule has 1 unspecified atom stereocenters. The number of aliphatic hydroxyl groups is 1. The Bertz CT molecular complexity index is 545. The first-order chi connectivity index (χ1) is 9.74. The lowest BCUT2D eigenvalue weighted by atomic mass is 9.92. The van der Waals surface area contributed by atoms with Gasteiger partial charge in [0.05, 0.1) is 11.8 Å². The number of anilines is 1. The molecule has 1 saturated heterocycles. The minimum absolute atomic E-state index is 0.187. The lowest BCUT2D eigenvalue weighted by Gasteiger charge is -2.33. The zero-order valence-electron chi connectivity index (χ0n) is 11.7. The molecule has 0 radical (unpaired) electrons. The van der Waals surface area contributed by atoms with Crippen LogP contribution in [0.1, 0.15) is 19.8 Å². The number of nitrogens with zero attached hydrogens (tertiary/aromatic N) is 2. The molecular weight excluding hydrogens is 268 g/mol. The molecule has 1 aliphatic rings. The van der Waals surface area contributed by atoms with Crippen LogP contribution in [0.5, 0.6) is 0 Å². The largest absolute Gasteiger partial charge is 0.393 e. The maximum atomic E-state index is 9.66. The summed E-state index contributed by atoms with van der Waals surface area (Å²) in [7, 11) is 0. The van der Waals surface area contributed by atoms with Gasteiger partial charge in [-0.15, -0.1) is 11.3 Å². The van der Waals surface area contributed by atoms with E-state index in [0.717, 1.165) is 36.8 Å². The van der Waals surface area contributed by atoms with Crippen molar-refractivity contribution < 1.29 is 5.11 Å². The Kier molecular flexibility index (Phi) is 4.03. The van der Waals surface area contributed by atoms with Crippen LogP contribution < -0.4 is 4.90 Å². The summed E-state index contributed by atoms with van der Waals surface area (Å²) in [5.41, 5.74) is 2.23. The summed E-state index contributed by atoms with van der Waals surface area (Å²) in [5.74, 6) is 0.444. The Morgan fingerprint density at radius 2 is 1.95 bits per heavy atom. The third kappa shape index (κ3) is 2.86. The summed E-state index contributed by atoms with van der Waals surface area (Å²) in [6.07, 6.45) is 1.92. The second-order valence-corrected chi connectivity index (χ2v) is 6.28. The highest BCUT2D eigenvalue weighted by Gasteiger charge is 2.24. The Hall–Kier alpha value is -1.39. The van der Waals surface area contributed by atoms with Crippen molar-refractivity contribution in [3.8, 4) is 11.3 Å². The van der Waals surface area contributed by atoms with Crippen molar-refractivity contribution in [2.75, 3.05) is 18.0 Å². The van der Waals surface area contributed by atoms with Gasteiger partial charge in [-0.2, -0.15) is 0 Å². The van der Waals surface area contributed by atoms with Gasteiger partial charge in [0.15, 0.2) is 5.13 Å². The monoisotopic (exact) mass is 288 g/mol. The van der Waals surface area contributed by atoms with Crippen molar-refractivity contribution in [3.05, 3.63) is 35.7 Å². The van der Waals surface area contributed by atoms with Gasteiger partial charge in [0.2, 0.25) is 0 Å². The van der Waals surface area contributed by atoms with Gasteiger partial charge in [0.1, 0.15) is 0 Å². The molecule has 106 valence electrons. The first kappa shape index (κ1) is 13.6. The minimum Gasteiger partial charge on any atom is -0.393 e. The fourth-order valence-corrected chi connectivity index (χ4v) is 3.61. The summed E-state index contributed by atoms with van der Waals surface area (Å²) in [5, 5.41) is 12.9. The van der Waals surface area contributed by atoms with Gasteiger partial charge in [-0.3, -0.25) is 0 Å². The van der Waals surface area contributed by atoms with Crippen LogP contribution in [0, 0.1) is 5.92 Å². The smallest absolute Gasteiger partial charge is 0.185 e. The molecule has 1 N–H and O–H groups in total. The van der Waals surface area contributed by atoms with Gasteiger partial charge in [-0.25, -0.2) is 4.98 Å². The average Bonchev–Trinajstić information content (AvgIpc) is 2.98. The van der Waals surface area contributed by atoms with Crippen LogP contribution >= 0.6 is 11.3 Å². The van der Waals surface area contributed by atoms with Gasteiger partial charge in [0.25, 0.3) is 0 Å². The molecule has 4 heteroatoms. The number of hydrogen-bond acceptors (Lipinski definition) is 4. The van der Waals surface area contributed by atoms with Crippen molar-refractivity contribution in [1.29, 1.82) is 0 Å². The topological polar surface area (TPSA) is 36.4 Å². The van der Waals surface area contributed by atoms with Gasteiger partial charge in [-0.1, -0.05) is 30.3 Å². The van der Waals surface area contributed by atoms with E-state index in [9.17, 15) is 5.11 Å². The molecule has 1 aromatic heterocycles. The summed E-state index contributed by atoms with van der Waals surface area (Å²) < 4.78 is 0. The third-order valence-electron chi connectivity index (χ3n) is 4.05. The van der Waals surface area contributed by atoms with Gasteiger partial charge in [0, 0.05) is 24.0 Å². The van der Waals surface area contributed by atoms with Crippen LogP contribution in [-0.2, 0) is 0 Å². The number of aliphatic hydroxyl groups excluding tert-OH is 1. The first-order valence-electron chi connectivity index (χ1n) is 7.18. The molecule has 0 spiro atoms. The quantitative estimate of drug-likeness (QED) is 0.940. The molecule has 1 fully saturated rings. The van der Waals surface area contributed by atoms with Gasteiger partial charge >= 0.3 is 0 Å². The standard InChI is InChI=1S/C16H20N2OS/c1-12(19)13-7-9-18(10-8-13)16-17-15(11-20-16)14-5-3-2-4-6-14/h2-6,11-13,19H,7-10H2,1H3. The Morgan fingerprint density at radius 1 is 1.25 bits per heavy atom. The Morgan fingerprint density at radius 3 is 2.60 bits per heavy atom. The molecule has 2 aromatic rings. The van der Waals surface area contributed by atoms with E-state index >= 15 is 0 Å². The minimum atomic E-state index is -0.187. The van der Waals surface area contributed by atoms with Crippen molar-refractivity contribution in [1.82, 2.24) is 4.98 Å². The summed E-state index contributed by atoms with van der Waals surface area (Å²) in [6, 6.07) is 10.3. The third-order valence-corrected chi connectivity index (χ3v) is 4.96. The van der Waals surface area contributed by atoms with Crippen molar-refractivity contribution >= 4 is 16.5 Å². The predicted molar refractivity (Wildman–Crippen MR) is 84.2 cm³/mol. The van der Waals surface area contributed by atoms with Crippen LogP contribution in [-0.4, -0.2) is 29.3 Å². The van der Waals surface area contributed by atoms with E-state index in [-0.39, 0.29) is 6.10 Å². The number of benzene rings is 1. The van der Waals surface area contributed by atoms with E-state index < -0.39 is 0 Å². The zero-order valence-corrected chi connectivity index (χ0v) is 12.5. The van der Waals surface area contributed by atoms with E-state index in [1.165, 1.54) is 5.56 Å². The molecule has 1 aliphatic heterocycles. The molecule has 1 atom stereocenters. The lowest BCUT2D eigenvalue weighted by molar-refractivity contribution is 0.110. The van der Waals surface area contributed by atoms with E-state index in [1.807, 2.05) is 25.1 Å². The van der Waals surface area contributed by atoms with E-state index in [1.54, 1.807) is 11.3 Å².